The maximum Gasteiger partial charge on any atom is 0.325 e. The summed E-state index contributed by atoms with van der Waals surface area (Å²) in [4.78, 5) is 38.9. The van der Waals surface area contributed by atoms with E-state index in [1.165, 1.54) is 0 Å². The predicted octanol–water partition coefficient (Wildman–Crippen LogP) is 4.46. The Morgan fingerprint density at radius 2 is 1.52 bits per heavy atom. The van der Waals surface area contributed by atoms with Gasteiger partial charge in [0, 0.05) is 5.69 Å². The summed E-state index contributed by atoms with van der Waals surface area (Å²) in [5, 5.41) is 5.59. The minimum Gasteiger partial charge on any atom is -0.494 e. The summed E-state index contributed by atoms with van der Waals surface area (Å²) in [6.45, 7) is 2.22. The fourth-order valence-corrected chi connectivity index (χ4v) is 4.35. The van der Waals surface area contributed by atoms with Gasteiger partial charge in [-0.25, -0.2) is 4.79 Å². The van der Waals surface area contributed by atoms with Crippen LogP contribution < -0.4 is 20.1 Å². The Bertz CT molecular complexity index is 996. The van der Waals surface area contributed by atoms with E-state index in [1.807, 2.05) is 31.2 Å². The first-order chi connectivity index (χ1) is 16.0. The molecule has 0 unspecified atom stereocenters. The van der Waals surface area contributed by atoms with E-state index in [9.17, 15) is 14.4 Å². The second kappa shape index (κ2) is 9.94. The first-order valence-corrected chi connectivity index (χ1v) is 11.4. The highest BCUT2D eigenvalue weighted by Crippen LogP contribution is 2.32. The average molecular weight is 452 g/mol. The summed E-state index contributed by atoms with van der Waals surface area (Å²) in [6, 6.07) is 13.7. The Labute approximate surface area is 193 Å². The molecule has 2 aliphatic rings. The normalized spacial score (nSPS) is 17.4. The van der Waals surface area contributed by atoms with E-state index in [2.05, 4.69) is 10.6 Å². The molecule has 2 fully saturated rings. The largest absolute Gasteiger partial charge is 0.494 e. The van der Waals surface area contributed by atoms with E-state index in [4.69, 9.17) is 9.47 Å². The number of ether oxygens (including phenoxy) is 2. The van der Waals surface area contributed by atoms with Crippen molar-refractivity contribution in [2.75, 3.05) is 18.5 Å². The Morgan fingerprint density at radius 1 is 0.939 bits per heavy atom. The molecule has 4 amide bonds. The third-order valence-electron chi connectivity index (χ3n) is 6.01. The van der Waals surface area contributed by atoms with Crippen LogP contribution >= 0.6 is 0 Å². The Morgan fingerprint density at radius 3 is 2.12 bits per heavy atom. The van der Waals surface area contributed by atoms with E-state index >= 15 is 0 Å². The third-order valence-corrected chi connectivity index (χ3v) is 6.01. The van der Waals surface area contributed by atoms with Crippen LogP contribution in [0.4, 0.5) is 10.5 Å². The number of nitrogens with one attached hydrogen (secondary N) is 2. The van der Waals surface area contributed by atoms with Crippen LogP contribution in [0.15, 0.2) is 48.5 Å². The number of imide groups is 1. The number of nitrogens with zero attached hydrogens (tertiary/aromatic N) is 1. The van der Waals surface area contributed by atoms with Crippen molar-refractivity contribution >= 4 is 23.5 Å². The van der Waals surface area contributed by atoms with Crippen LogP contribution in [-0.2, 0) is 9.59 Å². The molecule has 2 aromatic carbocycles. The van der Waals surface area contributed by atoms with E-state index in [1.54, 1.807) is 24.3 Å². The summed E-state index contributed by atoms with van der Waals surface area (Å²) in [5.41, 5.74) is -0.288. The van der Waals surface area contributed by atoms with Gasteiger partial charge in [-0.15, -0.1) is 0 Å². The van der Waals surface area contributed by atoms with Gasteiger partial charge in [0.25, 0.3) is 5.91 Å². The highest BCUT2D eigenvalue weighted by atomic mass is 16.5. The Hall–Kier alpha value is -3.55. The molecule has 1 spiro atoms. The van der Waals surface area contributed by atoms with E-state index in [-0.39, 0.29) is 12.5 Å². The molecule has 2 N–H and O–H groups in total. The van der Waals surface area contributed by atoms with Crippen molar-refractivity contribution in [1.29, 1.82) is 0 Å². The van der Waals surface area contributed by atoms with Crippen molar-refractivity contribution < 1.29 is 23.9 Å². The minimum absolute atomic E-state index is 0.288. The smallest absolute Gasteiger partial charge is 0.325 e. The molecular formula is C25H29N3O5. The highest BCUT2D eigenvalue weighted by Gasteiger charge is 2.51. The number of rotatable bonds is 7. The summed E-state index contributed by atoms with van der Waals surface area (Å²) < 4.78 is 11.2. The number of hydrogen-bond donors (Lipinski definition) is 2. The van der Waals surface area contributed by atoms with Gasteiger partial charge >= 0.3 is 6.03 Å². The van der Waals surface area contributed by atoms with Gasteiger partial charge in [0.1, 0.15) is 29.3 Å². The van der Waals surface area contributed by atoms with Crippen molar-refractivity contribution in [3.63, 3.8) is 0 Å². The minimum atomic E-state index is -0.840. The van der Waals surface area contributed by atoms with Crippen LogP contribution in [0.2, 0.25) is 0 Å². The molecule has 0 radical (unpaired) electrons. The monoisotopic (exact) mass is 451 g/mol. The molecule has 1 heterocycles. The first-order valence-electron chi connectivity index (χ1n) is 11.4. The fraction of sp³-hybridized carbons (Fsp3) is 0.400. The summed E-state index contributed by atoms with van der Waals surface area (Å²) in [7, 11) is 0. The van der Waals surface area contributed by atoms with Crippen molar-refractivity contribution in [3.05, 3.63) is 48.5 Å². The molecule has 8 nitrogen and oxygen atoms in total. The molecule has 2 aromatic rings. The van der Waals surface area contributed by atoms with Gasteiger partial charge in [-0.05, 0) is 68.3 Å². The van der Waals surface area contributed by atoms with Gasteiger partial charge in [-0.3, -0.25) is 14.5 Å². The Balaban J connectivity index is 1.32. The van der Waals surface area contributed by atoms with Crippen molar-refractivity contribution in [1.82, 2.24) is 10.2 Å². The zero-order chi connectivity index (χ0) is 23.3. The standard InChI is InChI=1S/C25H29N3O5/c1-2-32-19-11-13-21(14-12-19)33-20-9-7-18(8-10-20)26-22(29)17-28-23(30)25(27-24(28)31)15-5-3-4-6-16-25/h7-14H,2-6,15-17H2,1H3,(H,26,29)(H,27,31). The number of hydrogen-bond acceptors (Lipinski definition) is 5. The van der Waals surface area contributed by atoms with Gasteiger partial charge in [-0.1, -0.05) is 25.7 Å². The van der Waals surface area contributed by atoms with E-state index < -0.39 is 17.5 Å². The van der Waals surface area contributed by atoms with Crippen molar-refractivity contribution in [3.8, 4) is 17.2 Å². The van der Waals surface area contributed by atoms with E-state index in [0.29, 0.717) is 36.6 Å². The van der Waals surface area contributed by atoms with Crippen LogP contribution in [0.5, 0.6) is 17.2 Å². The molecule has 1 saturated carbocycles. The number of anilines is 1. The molecule has 0 atom stereocenters. The lowest BCUT2D eigenvalue weighted by Gasteiger charge is -2.24. The van der Waals surface area contributed by atoms with Crippen molar-refractivity contribution in [2.45, 2.75) is 51.0 Å². The molecule has 4 rings (SSSR count). The zero-order valence-electron chi connectivity index (χ0n) is 18.8. The quantitative estimate of drug-likeness (QED) is 0.606. The maximum atomic E-state index is 12.9. The lowest BCUT2D eigenvalue weighted by molar-refractivity contribution is -0.134. The number of carbonyl (C=O) groups is 3. The summed E-state index contributed by atoms with van der Waals surface area (Å²) in [5.74, 6) is 1.34. The Kier molecular flexibility index (Phi) is 6.82. The van der Waals surface area contributed by atoms with Gasteiger partial charge in [0.05, 0.1) is 6.61 Å². The zero-order valence-corrected chi connectivity index (χ0v) is 18.8. The van der Waals surface area contributed by atoms with Gasteiger partial charge < -0.3 is 20.1 Å². The van der Waals surface area contributed by atoms with E-state index in [0.717, 1.165) is 36.3 Å². The van der Waals surface area contributed by atoms with Crippen LogP contribution in [0.3, 0.4) is 0 Å². The van der Waals surface area contributed by atoms with Gasteiger partial charge in [-0.2, -0.15) is 0 Å². The second-order valence-electron chi connectivity index (χ2n) is 8.40. The molecule has 0 bridgehead atoms. The molecule has 174 valence electrons. The highest BCUT2D eigenvalue weighted by molar-refractivity contribution is 6.10. The first kappa shape index (κ1) is 22.6. The van der Waals surface area contributed by atoms with Crippen LogP contribution in [0, 0.1) is 0 Å². The van der Waals surface area contributed by atoms with Crippen LogP contribution in [-0.4, -0.2) is 41.4 Å². The number of urea groups is 1. The summed E-state index contributed by atoms with van der Waals surface area (Å²) in [6.07, 6.45) is 5.18. The molecule has 1 aliphatic carbocycles. The number of carbonyl (C=O) groups excluding carboxylic acids is 3. The molecule has 1 aliphatic heterocycles. The lowest BCUT2D eigenvalue weighted by Crippen LogP contribution is -2.47. The SMILES string of the molecule is CCOc1ccc(Oc2ccc(NC(=O)CN3C(=O)NC4(CCCCCC4)C3=O)cc2)cc1. The molecule has 0 aromatic heterocycles. The molecule has 1 saturated heterocycles. The molecular weight excluding hydrogens is 422 g/mol. The molecule has 8 heteroatoms. The number of benzene rings is 2. The van der Waals surface area contributed by atoms with Gasteiger partial charge in [0.15, 0.2) is 0 Å². The van der Waals surface area contributed by atoms with Crippen LogP contribution in [0.1, 0.15) is 45.4 Å². The summed E-state index contributed by atoms with van der Waals surface area (Å²) >= 11 is 0. The maximum absolute atomic E-state index is 12.9. The second-order valence-corrected chi connectivity index (χ2v) is 8.40. The third kappa shape index (κ3) is 5.27. The average Bonchev–Trinajstić information content (AvgIpc) is 2.96. The topological polar surface area (TPSA) is 97.0 Å². The predicted molar refractivity (Wildman–Crippen MR) is 123 cm³/mol. The fourth-order valence-electron chi connectivity index (χ4n) is 4.35. The number of amides is 4. The van der Waals surface area contributed by atoms with Crippen LogP contribution in [0.25, 0.3) is 0 Å². The molecule has 33 heavy (non-hydrogen) atoms. The lowest BCUT2D eigenvalue weighted by atomic mass is 9.90. The van der Waals surface area contributed by atoms with Gasteiger partial charge in [0.2, 0.25) is 5.91 Å². The van der Waals surface area contributed by atoms with Crippen molar-refractivity contribution in [2.24, 2.45) is 0 Å².